The first-order valence-electron chi connectivity index (χ1n) is 14.7. The predicted molar refractivity (Wildman–Crippen MR) is 173 cm³/mol. The van der Waals surface area contributed by atoms with Crippen molar-refractivity contribution in [3.63, 3.8) is 0 Å². The Balaban J connectivity index is 1.59. The van der Waals surface area contributed by atoms with Gasteiger partial charge in [-0.3, -0.25) is 4.79 Å². The lowest BCUT2D eigenvalue weighted by molar-refractivity contribution is -0.111. The molecule has 43 heavy (non-hydrogen) atoms. The van der Waals surface area contributed by atoms with Gasteiger partial charge >= 0.3 is 0 Å². The van der Waals surface area contributed by atoms with Crippen molar-refractivity contribution < 1.29 is 14.6 Å². The van der Waals surface area contributed by atoms with Crippen LogP contribution in [0.5, 0.6) is 5.75 Å². The molecule has 1 unspecified atom stereocenters. The zero-order chi connectivity index (χ0) is 30.7. The molecular weight excluding hydrogens is 542 g/mol. The van der Waals surface area contributed by atoms with Crippen LogP contribution in [-0.4, -0.2) is 71.8 Å². The van der Waals surface area contributed by atoms with Crippen LogP contribution in [0.1, 0.15) is 37.0 Å². The third-order valence-corrected chi connectivity index (χ3v) is 7.95. The summed E-state index contributed by atoms with van der Waals surface area (Å²) in [6.45, 7) is 8.06. The molecule has 3 N–H and O–H groups in total. The molecule has 5 rings (SSSR count). The van der Waals surface area contributed by atoms with E-state index in [0.717, 1.165) is 49.1 Å². The summed E-state index contributed by atoms with van der Waals surface area (Å²) in [5.74, 6) is 0.600. The van der Waals surface area contributed by atoms with Gasteiger partial charge in [0.2, 0.25) is 11.9 Å². The van der Waals surface area contributed by atoms with Crippen molar-refractivity contribution in [3.8, 4) is 17.0 Å². The van der Waals surface area contributed by atoms with E-state index in [1.807, 2.05) is 40.2 Å². The van der Waals surface area contributed by atoms with Crippen molar-refractivity contribution in [2.24, 2.45) is 0 Å². The quantitative estimate of drug-likeness (QED) is 0.191. The van der Waals surface area contributed by atoms with Crippen LogP contribution < -0.4 is 20.3 Å². The van der Waals surface area contributed by atoms with Gasteiger partial charge in [0.25, 0.3) is 0 Å². The molecule has 2 aromatic heterocycles. The number of nitrogens with one attached hydrogen (secondary N) is 2. The van der Waals surface area contributed by atoms with Gasteiger partial charge in [-0.2, -0.15) is 0 Å². The van der Waals surface area contributed by atoms with Crippen molar-refractivity contribution in [2.45, 2.75) is 38.8 Å². The van der Waals surface area contributed by atoms with Gasteiger partial charge in [-0.25, -0.2) is 9.97 Å². The number of aliphatic hydroxyl groups is 1. The molecule has 0 aliphatic carbocycles. The van der Waals surface area contributed by atoms with Gasteiger partial charge in [0.15, 0.2) is 0 Å². The third-order valence-electron chi connectivity index (χ3n) is 7.95. The molecule has 1 aliphatic heterocycles. The first-order valence-corrected chi connectivity index (χ1v) is 14.7. The van der Waals surface area contributed by atoms with E-state index in [2.05, 4.69) is 61.0 Å². The lowest BCUT2D eigenvalue weighted by Crippen LogP contribution is -2.29. The van der Waals surface area contributed by atoms with Crippen molar-refractivity contribution in [2.75, 3.05) is 56.9 Å². The Morgan fingerprint density at radius 1 is 1.23 bits per heavy atom. The Bertz CT molecular complexity index is 1650. The summed E-state index contributed by atoms with van der Waals surface area (Å²) in [4.78, 5) is 26.1. The van der Waals surface area contributed by atoms with E-state index in [-0.39, 0.29) is 5.91 Å². The number of aryl methyl sites for hydroxylation is 2. The van der Waals surface area contributed by atoms with Crippen molar-refractivity contribution in [3.05, 3.63) is 66.5 Å². The topological polar surface area (TPSA) is 108 Å². The Morgan fingerprint density at radius 2 is 2.05 bits per heavy atom. The molecule has 10 nitrogen and oxygen atoms in total. The normalized spacial score (nSPS) is 13.2. The molecular formula is C33H41N7O3. The van der Waals surface area contributed by atoms with E-state index in [1.54, 1.807) is 13.3 Å². The minimum atomic E-state index is -0.706. The maximum absolute atomic E-state index is 12.4. The monoisotopic (exact) mass is 583 g/mol. The number of carbonyl (C=O) groups excluding carboxylic acids is 1. The second-order valence-electron chi connectivity index (χ2n) is 11.2. The summed E-state index contributed by atoms with van der Waals surface area (Å²) in [5.41, 5.74) is 6.88. The number of amides is 1. The smallest absolute Gasteiger partial charge is 0.247 e. The second kappa shape index (κ2) is 12.8. The predicted octanol–water partition coefficient (Wildman–Crippen LogP) is 5.36. The molecule has 10 heteroatoms. The number of para-hydroxylation sites is 1. The van der Waals surface area contributed by atoms with E-state index in [0.29, 0.717) is 40.8 Å². The number of nitrogens with zero attached hydrogens (tertiary/aromatic N) is 5. The highest BCUT2D eigenvalue weighted by Gasteiger charge is 2.23. The molecule has 0 fully saturated rings. The highest BCUT2D eigenvalue weighted by atomic mass is 16.5. The standard InChI is InChI=1S/C33H41N7O3/c1-7-28(41)23-19-34-33(37-31(23)24-20-40-14-10-12-21-11-9-13-22(24)32(21)40)36-26-17-25(35-30(42)8-2)27(18-29(26)43-6)39(5)16-15-38(3)4/h8-9,11,13,17-20,28,41H,2,7,10,12,14-16H2,1,3-6H3,(H,35,42)(H,34,36,37). The second-order valence-corrected chi connectivity index (χ2v) is 11.2. The molecule has 0 saturated heterocycles. The van der Waals surface area contributed by atoms with Gasteiger partial charge in [-0.05, 0) is 51.1 Å². The maximum Gasteiger partial charge on any atom is 0.247 e. The lowest BCUT2D eigenvalue weighted by Gasteiger charge is -2.26. The SMILES string of the molecule is C=CC(=O)Nc1cc(Nc2ncc(C(O)CC)c(-c3cn4c5c(cccc35)CCC4)n2)c(OC)cc1N(C)CCN(C)C. The summed E-state index contributed by atoms with van der Waals surface area (Å²) < 4.78 is 8.07. The number of aliphatic hydroxyl groups excluding tert-OH is 1. The number of likely N-dealkylation sites (N-methyl/N-ethyl adjacent to an activating group) is 2. The molecule has 0 radical (unpaired) electrons. The molecule has 1 aliphatic rings. The Labute approximate surface area is 253 Å². The fourth-order valence-corrected chi connectivity index (χ4v) is 5.60. The van der Waals surface area contributed by atoms with Gasteiger partial charge < -0.3 is 34.8 Å². The zero-order valence-corrected chi connectivity index (χ0v) is 25.6. The first kappa shape index (κ1) is 30.1. The van der Waals surface area contributed by atoms with Crippen LogP contribution in [-0.2, 0) is 17.8 Å². The number of benzene rings is 2. The largest absolute Gasteiger partial charge is 0.494 e. The summed E-state index contributed by atoms with van der Waals surface area (Å²) in [6.07, 6.45) is 7.06. The van der Waals surface area contributed by atoms with Gasteiger partial charge in [0.1, 0.15) is 5.75 Å². The number of carbonyl (C=O) groups is 1. The molecule has 4 aromatic rings. The zero-order valence-electron chi connectivity index (χ0n) is 25.6. The Kier molecular flexibility index (Phi) is 8.98. The van der Waals surface area contributed by atoms with Crippen molar-refractivity contribution in [1.29, 1.82) is 0 Å². The number of rotatable bonds is 12. The van der Waals surface area contributed by atoms with Crippen LogP contribution in [0.15, 0.2) is 55.4 Å². The Morgan fingerprint density at radius 3 is 2.77 bits per heavy atom. The van der Waals surface area contributed by atoms with Crippen molar-refractivity contribution >= 4 is 39.8 Å². The Hall–Kier alpha value is -4.41. The summed E-state index contributed by atoms with van der Waals surface area (Å²) in [7, 11) is 7.62. The van der Waals surface area contributed by atoms with Crippen molar-refractivity contribution in [1.82, 2.24) is 19.4 Å². The van der Waals surface area contributed by atoms with E-state index >= 15 is 0 Å². The molecule has 0 bridgehead atoms. The molecule has 0 saturated carbocycles. The third kappa shape index (κ3) is 6.21. The van der Waals surface area contributed by atoms with E-state index in [1.165, 1.54) is 17.2 Å². The molecule has 0 spiro atoms. The van der Waals surface area contributed by atoms with E-state index < -0.39 is 6.10 Å². The number of methoxy groups -OCH3 is 1. The summed E-state index contributed by atoms with van der Waals surface area (Å²) in [6, 6.07) is 10.1. The number of hydrogen-bond donors (Lipinski definition) is 3. The van der Waals surface area contributed by atoms with Crippen LogP contribution in [0, 0.1) is 0 Å². The van der Waals surface area contributed by atoms with Gasteiger partial charge in [-0.15, -0.1) is 0 Å². The first-order chi connectivity index (χ1) is 20.7. The number of hydrogen-bond acceptors (Lipinski definition) is 8. The number of aromatic nitrogens is 3. The average Bonchev–Trinajstić information content (AvgIpc) is 3.39. The van der Waals surface area contributed by atoms with Crippen LogP contribution in [0.2, 0.25) is 0 Å². The fraction of sp³-hybridized carbons (Fsp3) is 0.364. The van der Waals surface area contributed by atoms with E-state index in [4.69, 9.17) is 9.72 Å². The van der Waals surface area contributed by atoms with Gasteiger partial charge in [0, 0.05) is 61.7 Å². The highest BCUT2D eigenvalue weighted by Crippen LogP contribution is 2.40. The molecule has 1 atom stereocenters. The van der Waals surface area contributed by atoms with Gasteiger partial charge in [0.05, 0.1) is 41.5 Å². The van der Waals surface area contributed by atoms with Crippen LogP contribution in [0.3, 0.4) is 0 Å². The lowest BCUT2D eigenvalue weighted by atomic mass is 9.99. The van der Waals surface area contributed by atoms with Crippen LogP contribution in [0.25, 0.3) is 22.2 Å². The fourth-order valence-electron chi connectivity index (χ4n) is 5.60. The molecule has 2 aromatic carbocycles. The maximum atomic E-state index is 12.4. The van der Waals surface area contributed by atoms with Crippen LogP contribution >= 0.6 is 0 Å². The summed E-state index contributed by atoms with van der Waals surface area (Å²) in [5, 5.41) is 18.3. The summed E-state index contributed by atoms with van der Waals surface area (Å²) >= 11 is 0. The molecule has 1 amide bonds. The van der Waals surface area contributed by atoms with E-state index in [9.17, 15) is 9.90 Å². The van der Waals surface area contributed by atoms with Gasteiger partial charge in [-0.1, -0.05) is 31.7 Å². The number of anilines is 4. The highest BCUT2D eigenvalue weighted by molar-refractivity contribution is 6.02. The minimum Gasteiger partial charge on any atom is -0.494 e. The molecule has 226 valence electrons. The molecule has 3 heterocycles. The van der Waals surface area contributed by atoms with Crippen LogP contribution in [0.4, 0.5) is 23.0 Å². The average molecular weight is 584 g/mol. The minimum absolute atomic E-state index is 0.317. The number of ether oxygens (including phenoxy) is 1.